The van der Waals surface area contributed by atoms with Crippen molar-refractivity contribution in [3.05, 3.63) is 77.3 Å². The Hall–Kier alpha value is -3.12. The van der Waals surface area contributed by atoms with Crippen molar-refractivity contribution in [2.24, 2.45) is 0 Å². The van der Waals surface area contributed by atoms with Crippen molar-refractivity contribution in [3.8, 4) is 11.6 Å². The Morgan fingerprint density at radius 3 is 2.28 bits per heavy atom. The van der Waals surface area contributed by atoms with E-state index in [2.05, 4.69) is 15.1 Å². The van der Waals surface area contributed by atoms with E-state index in [4.69, 9.17) is 16.3 Å². The Kier molecular flexibility index (Phi) is 5.91. The van der Waals surface area contributed by atoms with Gasteiger partial charge in [0.2, 0.25) is 11.8 Å². The lowest BCUT2D eigenvalue weighted by molar-refractivity contribution is -0.130. The Morgan fingerprint density at radius 2 is 1.62 bits per heavy atom. The monoisotopic (exact) mass is 408 g/mol. The van der Waals surface area contributed by atoms with Crippen LogP contribution in [0.25, 0.3) is 0 Å². The third-order valence-electron chi connectivity index (χ3n) is 4.82. The predicted molar refractivity (Wildman–Crippen MR) is 112 cm³/mol. The minimum atomic E-state index is 0.129. The summed E-state index contributed by atoms with van der Waals surface area (Å²) in [5.41, 5.74) is 0.974. The average molecular weight is 409 g/mol. The number of hydrogen-bond acceptors (Lipinski definition) is 5. The van der Waals surface area contributed by atoms with Gasteiger partial charge < -0.3 is 14.5 Å². The summed E-state index contributed by atoms with van der Waals surface area (Å²) in [4.78, 5) is 16.6. The molecule has 0 atom stereocenters. The highest BCUT2D eigenvalue weighted by molar-refractivity contribution is 6.30. The summed E-state index contributed by atoms with van der Waals surface area (Å²) in [6, 6.07) is 20.6. The fraction of sp³-hybridized carbons (Fsp3) is 0.227. The fourth-order valence-corrected chi connectivity index (χ4v) is 3.34. The van der Waals surface area contributed by atoms with Gasteiger partial charge in [-0.05, 0) is 35.9 Å². The van der Waals surface area contributed by atoms with E-state index in [1.165, 1.54) is 0 Å². The van der Waals surface area contributed by atoms with Crippen molar-refractivity contribution in [1.82, 2.24) is 15.1 Å². The van der Waals surface area contributed by atoms with Crippen LogP contribution in [-0.2, 0) is 11.2 Å². The number of carbonyl (C=O) groups excluding carboxylic acids is 1. The van der Waals surface area contributed by atoms with Gasteiger partial charge in [0, 0.05) is 37.3 Å². The molecule has 0 N–H and O–H groups in total. The predicted octanol–water partition coefficient (Wildman–Crippen LogP) is 3.81. The van der Waals surface area contributed by atoms with Crippen LogP contribution in [0.2, 0.25) is 5.02 Å². The summed E-state index contributed by atoms with van der Waals surface area (Å²) in [7, 11) is 0. The molecule has 148 valence electrons. The number of ether oxygens (including phenoxy) is 1. The van der Waals surface area contributed by atoms with Gasteiger partial charge in [0.1, 0.15) is 5.75 Å². The van der Waals surface area contributed by atoms with Crippen LogP contribution in [0.3, 0.4) is 0 Å². The minimum absolute atomic E-state index is 0.129. The molecular formula is C22H21ClN4O2. The molecule has 1 fully saturated rings. The Morgan fingerprint density at radius 1 is 0.897 bits per heavy atom. The normalized spacial score (nSPS) is 14.0. The number of piperazine rings is 1. The molecule has 1 aliphatic rings. The van der Waals surface area contributed by atoms with Crippen LogP contribution in [-0.4, -0.2) is 47.2 Å². The summed E-state index contributed by atoms with van der Waals surface area (Å²) in [6.07, 6.45) is 0.391. The topological polar surface area (TPSA) is 58.6 Å². The number of rotatable bonds is 5. The number of aromatic nitrogens is 2. The third-order valence-corrected chi connectivity index (χ3v) is 5.07. The van der Waals surface area contributed by atoms with E-state index in [0.29, 0.717) is 30.4 Å². The second-order valence-corrected chi connectivity index (χ2v) is 7.25. The second-order valence-electron chi connectivity index (χ2n) is 6.82. The Balaban J connectivity index is 1.30. The van der Waals surface area contributed by atoms with Crippen molar-refractivity contribution in [1.29, 1.82) is 0 Å². The number of anilines is 1. The largest absolute Gasteiger partial charge is 0.438 e. The number of para-hydroxylation sites is 1. The number of nitrogens with zero attached hydrogens (tertiary/aromatic N) is 4. The zero-order valence-electron chi connectivity index (χ0n) is 15.9. The SMILES string of the molecule is O=C(Cc1ccc(Cl)cc1)N1CCN(c2ccc(Oc3ccccc3)nn2)CC1. The zero-order valence-corrected chi connectivity index (χ0v) is 16.6. The molecule has 6 nitrogen and oxygen atoms in total. The van der Waals surface area contributed by atoms with E-state index in [1.54, 1.807) is 0 Å². The van der Waals surface area contributed by atoms with Gasteiger partial charge in [0.25, 0.3) is 0 Å². The molecule has 2 aromatic carbocycles. The molecule has 1 aromatic heterocycles. The lowest BCUT2D eigenvalue weighted by Crippen LogP contribution is -2.49. The van der Waals surface area contributed by atoms with E-state index in [1.807, 2.05) is 71.6 Å². The molecule has 0 bridgehead atoms. The van der Waals surface area contributed by atoms with Crippen molar-refractivity contribution in [3.63, 3.8) is 0 Å². The van der Waals surface area contributed by atoms with Gasteiger partial charge in [-0.15, -0.1) is 10.2 Å². The van der Waals surface area contributed by atoms with Crippen LogP contribution in [0.15, 0.2) is 66.7 Å². The maximum Gasteiger partial charge on any atom is 0.238 e. The van der Waals surface area contributed by atoms with Crippen LogP contribution in [0, 0.1) is 0 Å². The van der Waals surface area contributed by atoms with Gasteiger partial charge in [0.05, 0.1) is 6.42 Å². The molecule has 0 spiro atoms. The summed E-state index contributed by atoms with van der Waals surface area (Å²) in [5, 5.41) is 9.12. The fourth-order valence-electron chi connectivity index (χ4n) is 3.22. The first-order valence-corrected chi connectivity index (χ1v) is 9.89. The highest BCUT2D eigenvalue weighted by Crippen LogP contribution is 2.20. The van der Waals surface area contributed by atoms with E-state index in [0.717, 1.165) is 30.2 Å². The molecule has 29 heavy (non-hydrogen) atoms. The van der Waals surface area contributed by atoms with Crippen molar-refractivity contribution in [2.75, 3.05) is 31.1 Å². The van der Waals surface area contributed by atoms with E-state index in [9.17, 15) is 4.79 Å². The molecule has 0 radical (unpaired) electrons. The standard InChI is InChI=1S/C22H21ClN4O2/c23-18-8-6-17(7-9-18)16-22(28)27-14-12-26(13-15-27)20-10-11-21(25-24-20)29-19-4-2-1-3-5-19/h1-11H,12-16H2. The molecule has 4 rings (SSSR count). The molecule has 1 aliphatic heterocycles. The number of amides is 1. The molecule has 1 amide bonds. The summed E-state index contributed by atoms with van der Waals surface area (Å²) in [6.45, 7) is 2.77. The maximum atomic E-state index is 12.5. The molecule has 1 saturated heterocycles. The summed E-state index contributed by atoms with van der Waals surface area (Å²) >= 11 is 5.90. The molecule has 0 aliphatic carbocycles. The van der Waals surface area contributed by atoms with Gasteiger partial charge in [-0.1, -0.05) is 41.9 Å². The summed E-state index contributed by atoms with van der Waals surface area (Å²) < 4.78 is 5.68. The first-order chi connectivity index (χ1) is 14.2. The quantitative estimate of drug-likeness (QED) is 0.642. The Bertz CT molecular complexity index is 941. The number of hydrogen-bond donors (Lipinski definition) is 0. The molecule has 3 aromatic rings. The molecule has 7 heteroatoms. The highest BCUT2D eigenvalue weighted by atomic mass is 35.5. The average Bonchev–Trinajstić information content (AvgIpc) is 2.77. The molecule has 0 unspecified atom stereocenters. The highest BCUT2D eigenvalue weighted by Gasteiger charge is 2.22. The summed E-state index contributed by atoms with van der Waals surface area (Å²) in [5.74, 6) is 2.10. The Labute approximate surface area is 174 Å². The van der Waals surface area contributed by atoms with Gasteiger partial charge >= 0.3 is 0 Å². The lowest BCUT2D eigenvalue weighted by Gasteiger charge is -2.35. The molecular weight excluding hydrogens is 388 g/mol. The minimum Gasteiger partial charge on any atom is -0.438 e. The van der Waals surface area contributed by atoms with Gasteiger partial charge in [-0.2, -0.15) is 0 Å². The van der Waals surface area contributed by atoms with Gasteiger partial charge in [-0.25, -0.2) is 0 Å². The number of halogens is 1. The first-order valence-electron chi connectivity index (χ1n) is 9.51. The van der Waals surface area contributed by atoms with E-state index in [-0.39, 0.29) is 5.91 Å². The van der Waals surface area contributed by atoms with Crippen LogP contribution in [0.4, 0.5) is 5.82 Å². The smallest absolute Gasteiger partial charge is 0.238 e. The number of benzene rings is 2. The van der Waals surface area contributed by atoms with Crippen LogP contribution in [0.5, 0.6) is 11.6 Å². The zero-order chi connectivity index (χ0) is 20.1. The third kappa shape index (κ3) is 5.03. The van der Waals surface area contributed by atoms with Crippen molar-refractivity contribution >= 4 is 23.3 Å². The van der Waals surface area contributed by atoms with Crippen LogP contribution in [0.1, 0.15) is 5.56 Å². The first kappa shape index (κ1) is 19.2. The van der Waals surface area contributed by atoms with Crippen LogP contribution >= 0.6 is 11.6 Å². The van der Waals surface area contributed by atoms with Crippen LogP contribution < -0.4 is 9.64 Å². The van der Waals surface area contributed by atoms with Gasteiger partial charge in [0.15, 0.2) is 5.82 Å². The molecule has 0 saturated carbocycles. The van der Waals surface area contributed by atoms with Crippen molar-refractivity contribution in [2.45, 2.75) is 6.42 Å². The van der Waals surface area contributed by atoms with E-state index >= 15 is 0 Å². The van der Waals surface area contributed by atoms with E-state index < -0.39 is 0 Å². The lowest BCUT2D eigenvalue weighted by atomic mass is 10.1. The molecule has 2 heterocycles. The second kappa shape index (κ2) is 8.92. The van der Waals surface area contributed by atoms with Gasteiger partial charge in [-0.3, -0.25) is 4.79 Å². The number of carbonyl (C=O) groups is 1. The van der Waals surface area contributed by atoms with Crippen molar-refractivity contribution < 1.29 is 9.53 Å². The maximum absolute atomic E-state index is 12.5.